The molecule has 0 bridgehead atoms. The quantitative estimate of drug-likeness (QED) is 0.648. The van der Waals surface area contributed by atoms with Gasteiger partial charge in [-0.2, -0.15) is 0 Å². The van der Waals surface area contributed by atoms with Crippen molar-refractivity contribution in [1.82, 2.24) is 20.9 Å². The number of nitrogens with zero attached hydrogens (tertiary/aromatic N) is 1. The lowest BCUT2D eigenvalue weighted by atomic mass is 9.89. The monoisotopic (exact) mass is 396 g/mol. The van der Waals surface area contributed by atoms with Crippen LogP contribution in [0.3, 0.4) is 0 Å². The number of piperidine rings is 2. The van der Waals surface area contributed by atoms with Crippen LogP contribution in [0, 0.1) is 5.92 Å². The fraction of sp³-hybridized carbons (Fsp3) is 0.591. The molecule has 5 rings (SSSR count). The summed E-state index contributed by atoms with van der Waals surface area (Å²) in [6, 6.07) is 5.52. The average molecular weight is 396 g/mol. The molecule has 0 aromatic heterocycles. The van der Waals surface area contributed by atoms with Crippen LogP contribution in [0.2, 0.25) is 0 Å². The van der Waals surface area contributed by atoms with Gasteiger partial charge in [0.15, 0.2) is 0 Å². The zero-order chi connectivity index (χ0) is 20.0. The van der Waals surface area contributed by atoms with E-state index in [1.807, 2.05) is 12.1 Å². The predicted molar refractivity (Wildman–Crippen MR) is 107 cm³/mol. The summed E-state index contributed by atoms with van der Waals surface area (Å²) >= 11 is 0. The van der Waals surface area contributed by atoms with Crippen molar-refractivity contribution in [3.8, 4) is 0 Å². The van der Waals surface area contributed by atoms with Gasteiger partial charge in [-0.05, 0) is 68.3 Å². The van der Waals surface area contributed by atoms with Crippen LogP contribution >= 0.6 is 0 Å². The number of amides is 3. The molecule has 1 aromatic carbocycles. The van der Waals surface area contributed by atoms with Crippen LogP contribution in [0.25, 0.3) is 0 Å². The van der Waals surface area contributed by atoms with Crippen LogP contribution in [0.15, 0.2) is 18.2 Å². The highest BCUT2D eigenvalue weighted by molar-refractivity contribution is 6.05. The molecule has 0 radical (unpaired) electrons. The normalized spacial score (nSPS) is 28.3. The molecule has 1 aromatic rings. The Morgan fingerprint density at radius 3 is 2.76 bits per heavy atom. The third kappa shape index (κ3) is 3.46. The second kappa shape index (κ2) is 7.22. The van der Waals surface area contributed by atoms with E-state index in [-0.39, 0.29) is 29.7 Å². The molecule has 2 unspecified atom stereocenters. The highest BCUT2D eigenvalue weighted by Crippen LogP contribution is 2.45. The van der Waals surface area contributed by atoms with Crippen molar-refractivity contribution in [3.63, 3.8) is 0 Å². The second-order valence-electron chi connectivity index (χ2n) is 8.94. The fourth-order valence-corrected chi connectivity index (χ4v) is 5.18. The van der Waals surface area contributed by atoms with Crippen molar-refractivity contribution in [2.75, 3.05) is 13.1 Å². The Hall–Kier alpha value is -2.25. The lowest BCUT2D eigenvalue weighted by molar-refractivity contribution is -0.136. The molecular formula is C22H28N4O3. The number of benzene rings is 1. The molecule has 0 spiro atoms. The maximum absolute atomic E-state index is 13.0. The fourth-order valence-electron chi connectivity index (χ4n) is 5.18. The van der Waals surface area contributed by atoms with Crippen molar-refractivity contribution >= 4 is 17.7 Å². The van der Waals surface area contributed by atoms with Gasteiger partial charge >= 0.3 is 0 Å². The van der Waals surface area contributed by atoms with Crippen LogP contribution in [0.5, 0.6) is 0 Å². The smallest absolute Gasteiger partial charge is 0.255 e. The molecule has 3 fully saturated rings. The molecule has 29 heavy (non-hydrogen) atoms. The minimum atomic E-state index is -0.553. The maximum Gasteiger partial charge on any atom is 0.255 e. The Labute approximate surface area is 170 Å². The predicted octanol–water partition coefficient (Wildman–Crippen LogP) is 1.07. The number of hydrogen-bond acceptors (Lipinski definition) is 5. The van der Waals surface area contributed by atoms with Gasteiger partial charge in [0.05, 0.1) is 0 Å². The summed E-state index contributed by atoms with van der Waals surface area (Å²) in [4.78, 5) is 38.2. The molecule has 7 heteroatoms. The molecule has 1 saturated carbocycles. The topological polar surface area (TPSA) is 90.5 Å². The first-order valence-electron chi connectivity index (χ1n) is 10.8. The van der Waals surface area contributed by atoms with Crippen LogP contribution in [0.1, 0.15) is 60.0 Å². The van der Waals surface area contributed by atoms with E-state index in [9.17, 15) is 14.4 Å². The van der Waals surface area contributed by atoms with Crippen LogP contribution < -0.4 is 16.0 Å². The summed E-state index contributed by atoms with van der Waals surface area (Å²) in [6.45, 7) is 3.42. The number of carbonyl (C=O) groups is 3. The molecule has 3 N–H and O–H groups in total. The molecule has 3 heterocycles. The van der Waals surface area contributed by atoms with Crippen molar-refractivity contribution < 1.29 is 14.4 Å². The van der Waals surface area contributed by atoms with E-state index < -0.39 is 6.04 Å². The molecular weight excluding hydrogens is 368 g/mol. The second-order valence-corrected chi connectivity index (χ2v) is 8.94. The molecule has 1 aliphatic carbocycles. The third-order valence-electron chi connectivity index (χ3n) is 7.10. The molecule has 7 nitrogen and oxygen atoms in total. The van der Waals surface area contributed by atoms with Gasteiger partial charge in [-0.25, -0.2) is 0 Å². The van der Waals surface area contributed by atoms with Crippen molar-refractivity contribution in [3.05, 3.63) is 34.9 Å². The van der Waals surface area contributed by atoms with Crippen molar-refractivity contribution in [1.29, 1.82) is 0 Å². The lowest BCUT2D eigenvalue weighted by Crippen LogP contribution is -2.52. The molecule has 154 valence electrons. The summed E-state index contributed by atoms with van der Waals surface area (Å²) in [6.07, 6.45) is 5.67. The van der Waals surface area contributed by atoms with Gasteiger partial charge in [0.25, 0.3) is 5.91 Å². The van der Waals surface area contributed by atoms with Crippen LogP contribution in [0.4, 0.5) is 0 Å². The van der Waals surface area contributed by atoms with E-state index in [0.717, 1.165) is 30.8 Å². The van der Waals surface area contributed by atoms with Gasteiger partial charge in [0, 0.05) is 30.6 Å². The van der Waals surface area contributed by atoms with Gasteiger partial charge in [0.2, 0.25) is 11.8 Å². The van der Waals surface area contributed by atoms with Gasteiger partial charge in [-0.15, -0.1) is 0 Å². The van der Waals surface area contributed by atoms with Crippen molar-refractivity contribution in [2.24, 2.45) is 5.92 Å². The first kappa shape index (κ1) is 18.8. The van der Waals surface area contributed by atoms with E-state index in [1.165, 1.54) is 25.7 Å². The lowest BCUT2D eigenvalue weighted by Gasteiger charge is -2.32. The molecule has 2 atom stereocenters. The Kier molecular flexibility index (Phi) is 4.67. The Bertz CT molecular complexity index is 858. The minimum Gasteiger partial charge on any atom is -0.322 e. The van der Waals surface area contributed by atoms with E-state index in [4.69, 9.17) is 0 Å². The van der Waals surface area contributed by atoms with E-state index in [1.54, 1.807) is 4.90 Å². The van der Waals surface area contributed by atoms with E-state index >= 15 is 0 Å². The summed E-state index contributed by atoms with van der Waals surface area (Å²) in [5.41, 5.74) is 3.02. The molecule has 4 aliphatic rings. The number of fused-ring (bicyclic) bond motifs is 1. The van der Waals surface area contributed by atoms with Crippen LogP contribution in [-0.4, -0.2) is 47.3 Å². The average Bonchev–Trinajstić information content (AvgIpc) is 3.46. The van der Waals surface area contributed by atoms with Crippen molar-refractivity contribution in [2.45, 2.75) is 63.2 Å². The minimum absolute atomic E-state index is 0.103. The zero-order valence-corrected chi connectivity index (χ0v) is 16.6. The number of hydrogen-bond donors (Lipinski definition) is 3. The largest absolute Gasteiger partial charge is 0.322 e. The van der Waals surface area contributed by atoms with E-state index in [0.29, 0.717) is 24.4 Å². The summed E-state index contributed by atoms with van der Waals surface area (Å²) in [5.74, 6) is -0.0312. The SMILES string of the molecule is O=C1CCC(N2Cc3ccc(CNC4(C5CCCNC5)CC4)cc3C2=O)C(=O)N1. The highest BCUT2D eigenvalue weighted by atomic mass is 16.2. The Morgan fingerprint density at radius 1 is 1.17 bits per heavy atom. The third-order valence-corrected chi connectivity index (χ3v) is 7.10. The number of carbonyl (C=O) groups excluding carboxylic acids is 3. The summed E-state index contributed by atoms with van der Waals surface area (Å²) in [7, 11) is 0. The van der Waals surface area contributed by atoms with Gasteiger partial charge in [0.1, 0.15) is 6.04 Å². The molecule has 2 saturated heterocycles. The first-order chi connectivity index (χ1) is 14.1. The summed E-state index contributed by atoms with van der Waals surface area (Å²) in [5, 5.41) is 9.65. The van der Waals surface area contributed by atoms with E-state index in [2.05, 4.69) is 22.0 Å². The molecule has 3 amide bonds. The zero-order valence-electron chi connectivity index (χ0n) is 16.6. The van der Waals surface area contributed by atoms with Gasteiger partial charge in [-0.1, -0.05) is 12.1 Å². The Morgan fingerprint density at radius 2 is 2.03 bits per heavy atom. The Balaban J connectivity index is 1.26. The highest BCUT2D eigenvalue weighted by Gasteiger charge is 2.48. The van der Waals surface area contributed by atoms with Gasteiger partial charge < -0.3 is 15.5 Å². The number of imide groups is 1. The number of rotatable bonds is 5. The molecule has 3 aliphatic heterocycles. The first-order valence-corrected chi connectivity index (χ1v) is 10.8. The summed E-state index contributed by atoms with van der Waals surface area (Å²) < 4.78 is 0. The number of nitrogens with one attached hydrogen (secondary N) is 3. The maximum atomic E-state index is 13.0. The standard InChI is InChI=1S/C22H28N4O3/c27-19-6-5-18(20(28)25-19)26-13-15-4-3-14(10-17(15)21(26)29)11-24-22(7-8-22)16-2-1-9-23-12-16/h3-4,10,16,18,23-24H,1-2,5-9,11-13H2,(H,25,27,28). The van der Waals surface area contributed by atoms with Crippen LogP contribution in [-0.2, 0) is 22.7 Å². The van der Waals surface area contributed by atoms with Gasteiger partial charge in [-0.3, -0.25) is 19.7 Å².